The first kappa shape index (κ1) is 21.7. The third-order valence-electron chi connectivity index (χ3n) is 5.10. The van der Waals surface area contributed by atoms with Gasteiger partial charge in [-0.15, -0.1) is 0 Å². The van der Waals surface area contributed by atoms with E-state index in [2.05, 4.69) is 10.1 Å². The van der Waals surface area contributed by atoms with Crippen molar-refractivity contribution in [1.82, 2.24) is 19.7 Å². The maximum Gasteiger partial charge on any atom is 0.433 e. The summed E-state index contributed by atoms with van der Waals surface area (Å²) >= 11 is 0. The summed E-state index contributed by atoms with van der Waals surface area (Å²) in [5.74, 6) is 1.22. The lowest BCUT2D eigenvalue weighted by Gasteiger charge is -2.33. The van der Waals surface area contributed by atoms with E-state index in [-0.39, 0.29) is 19.1 Å². The molecular weight excluding hydrogens is 425 g/mol. The third kappa shape index (κ3) is 5.19. The van der Waals surface area contributed by atoms with E-state index < -0.39 is 17.9 Å². The molecule has 0 aliphatic carbocycles. The molecule has 1 aliphatic heterocycles. The summed E-state index contributed by atoms with van der Waals surface area (Å²) in [7, 11) is 0. The van der Waals surface area contributed by atoms with Crippen molar-refractivity contribution in [2.24, 2.45) is 0 Å². The number of piperidine rings is 1. The first-order valence-corrected chi connectivity index (χ1v) is 10.1. The maximum absolute atomic E-state index is 13.2. The van der Waals surface area contributed by atoms with E-state index >= 15 is 0 Å². The molecule has 0 spiro atoms. The van der Waals surface area contributed by atoms with Crippen LogP contribution in [-0.4, -0.2) is 45.3 Å². The number of likely N-dealkylation sites (tertiary alicyclic amines) is 1. The molecule has 7 nitrogen and oxygen atoms in total. The minimum absolute atomic E-state index is 0.157. The van der Waals surface area contributed by atoms with E-state index in [0.717, 1.165) is 16.9 Å². The Morgan fingerprint density at radius 2 is 1.84 bits per heavy atom. The normalized spacial score (nSPS) is 16.6. The van der Waals surface area contributed by atoms with Gasteiger partial charge in [0.25, 0.3) is 5.91 Å². The number of aromatic nitrogens is 3. The molecular formula is C22H21F3N4O3. The standard InChI is InChI=1S/C22H21F3N4O3/c23-22(24,25)19-10-12-27-29(19)16-4-3-13-28(14-16)21(30)15-31-17-6-8-18(9-7-17)32-20-5-1-2-11-26-20/h1-2,5-12,16H,3-4,13-15H2/t16-/m0/s1. The maximum atomic E-state index is 13.2. The largest absolute Gasteiger partial charge is 0.484 e. The molecule has 0 saturated carbocycles. The van der Waals surface area contributed by atoms with Gasteiger partial charge < -0.3 is 14.4 Å². The summed E-state index contributed by atoms with van der Waals surface area (Å²) in [6.45, 7) is 0.417. The van der Waals surface area contributed by atoms with Crippen molar-refractivity contribution in [2.75, 3.05) is 19.7 Å². The molecule has 1 amide bonds. The van der Waals surface area contributed by atoms with Gasteiger partial charge in [0.1, 0.15) is 17.2 Å². The van der Waals surface area contributed by atoms with Crippen LogP contribution in [0.5, 0.6) is 17.4 Å². The average molecular weight is 446 g/mol. The fraction of sp³-hybridized carbons (Fsp3) is 0.318. The number of carbonyl (C=O) groups excluding carboxylic acids is 1. The molecule has 32 heavy (non-hydrogen) atoms. The molecule has 3 heterocycles. The van der Waals surface area contributed by atoms with Crippen LogP contribution < -0.4 is 9.47 Å². The van der Waals surface area contributed by atoms with Crippen LogP contribution in [0.3, 0.4) is 0 Å². The highest BCUT2D eigenvalue weighted by Crippen LogP contribution is 2.33. The van der Waals surface area contributed by atoms with Crippen molar-refractivity contribution in [3.8, 4) is 17.4 Å². The first-order chi connectivity index (χ1) is 15.4. The van der Waals surface area contributed by atoms with Crippen molar-refractivity contribution in [1.29, 1.82) is 0 Å². The Morgan fingerprint density at radius 3 is 2.56 bits per heavy atom. The Kier molecular flexibility index (Phi) is 6.29. The van der Waals surface area contributed by atoms with Gasteiger partial charge in [0.2, 0.25) is 5.88 Å². The number of benzene rings is 1. The minimum atomic E-state index is -4.49. The van der Waals surface area contributed by atoms with Crippen molar-refractivity contribution in [3.05, 3.63) is 66.6 Å². The molecule has 10 heteroatoms. The Balaban J connectivity index is 1.32. The first-order valence-electron chi connectivity index (χ1n) is 10.1. The zero-order valence-electron chi connectivity index (χ0n) is 17.0. The highest BCUT2D eigenvalue weighted by Gasteiger charge is 2.37. The number of alkyl halides is 3. The fourth-order valence-corrected chi connectivity index (χ4v) is 3.58. The van der Waals surface area contributed by atoms with Crippen LogP contribution in [0.2, 0.25) is 0 Å². The van der Waals surface area contributed by atoms with Crippen molar-refractivity contribution >= 4 is 5.91 Å². The number of pyridine rings is 1. The van der Waals surface area contributed by atoms with E-state index in [1.165, 1.54) is 4.90 Å². The van der Waals surface area contributed by atoms with Gasteiger partial charge in [-0.25, -0.2) is 4.98 Å². The SMILES string of the molecule is O=C(COc1ccc(Oc2ccccn2)cc1)N1CCC[C@H](n2nccc2C(F)(F)F)C1. The molecule has 1 aromatic carbocycles. The van der Waals surface area contributed by atoms with Crippen LogP contribution in [0.4, 0.5) is 13.2 Å². The molecule has 1 fully saturated rings. The predicted octanol–water partition coefficient (Wildman–Crippen LogP) is 4.33. The summed E-state index contributed by atoms with van der Waals surface area (Å²) in [6, 6.07) is 12.5. The van der Waals surface area contributed by atoms with Gasteiger partial charge in [-0.1, -0.05) is 6.07 Å². The van der Waals surface area contributed by atoms with Gasteiger partial charge in [0, 0.05) is 31.5 Å². The van der Waals surface area contributed by atoms with Gasteiger partial charge >= 0.3 is 6.18 Å². The second-order valence-corrected chi connectivity index (χ2v) is 7.32. The third-order valence-corrected chi connectivity index (χ3v) is 5.10. The summed E-state index contributed by atoms with van der Waals surface area (Å²) in [4.78, 5) is 18.2. The molecule has 1 saturated heterocycles. The van der Waals surface area contributed by atoms with Crippen LogP contribution >= 0.6 is 0 Å². The van der Waals surface area contributed by atoms with Gasteiger partial charge in [0.15, 0.2) is 6.61 Å². The molecule has 3 aromatic rings. The molecule has 2 aromatic heterocycles. The van der Waals surface area contributed by atoms with E-state index in [9.17, 15) is 18.0 Å². The van der Waals surface area contributed by atoms with Crippen LogP contribution in [-0.2, 0) is 11.0 Å². The average Bonchev–Trinajstić information content (AvgIpc) is 3.30. The lowest BCUT2D eigenvalue weighted by atomic mass is 10.1. The zero-order chi connectivity index (χ0) is 22.6. The fourth-order valence-electron chi connectivity index (χ4n) is 3.58. The van der Waals surface area contributed by atoms with Crippen LogP contribution in [0, 0.1) is 0 Å². The molecule has 1 atom stereocenters. The van der Waals surface area contributed by atoms with Gasteiger partial charge in [0.05, 0.1) is 6.04 Å². The summed E-state index contributed by atoms with van der Waals surface area (Å²) in [6.07, 6.45) is -0.619. The Bertz CT molecular complexity index is 1040. The second kappa shape index (κ2) is 9.29. The lowest BCUT2D eigenvalue weighted by molar-refractivity contribution is -0.146. The van der Waals surface area contributed by atoms with Crippen molar-refractivity contribution in [2.45, 2.75) is 25.1 Å². The quantitative estimate of drug-likeness (QED) is 0.564. The van der Waals surface area contributed by atoms with Gasteiger partial charge in [-0.3, -0.25) is 9.48 Å². The second-order valence-electron chi connectivity index (χ2n) is 7.32. The highest BCUT2D eigenvalue weighted by molar-refractivity contribution is 5.77. The Hall–Kier alpha value is -3.56. The van der Waals surface area contributed by atoms with Crippen LogP contribution in [0.25, 0.3) is 0 Å². The summed E-state index contributed by atoms with van der Waals surface area (Å²) < 4.78 is 51.7. The zero-order valence-corrected chi connectivity index (χ0v) is 17.0. The number of hydrogen-bond donors (Lipinski definition) is 0. The van der Waals surface area contributed by atoms with E-state index in [1.807, 2.05) is 6.07 Å². The number of halogens is 3. The number of ether oxygens (including phenoxy) is 2. The molecule has 0 bridgehead atoms. The Morgan fingerprint density at radius 1 is 1.06 bits per heavy atom. The number of carbonyl (C=O) groups is 1. The van der Waals surface area contributed by atoms with Gasteiger partial charge in [-0.05, 0) is 49.2 Å². The molecule has 1 aliphatic rings. The van der Waals surface area contributed by atoms with E-state index in [1.54, 1.807) is 42.6 Å². The Labute approximate surface area is 182 Å². The number of hydrogen-bond acceptors (Lipinski definition) is 5. The number of amides is 1. The number of rotatable bonds is 6. The molecule has 4 rings (SSSR count). The van der Waals surface area contributed by atoms with E-state index in [0.29, 0.717) is 36.8 Å². The van der Waals surface area contributed by atoms with Crippen molar-refractivity contribution < 1.29 is 27.4 Å². The molecule has 0 radical (unpaired) electrons. The summed E-state index contributed by atoms with van der Waals surface area (Å²) in [5.41, 5.74) is -0.805. The topological polar surface area (TPSA) is 69.5 Å². The monoisotopic (exact) mass is 446 g/mol. The van der Waals surface area contributed by atoms with E-state index in [4.69, 9.17) is 9.47 Å². The predicted molar refractivity (Wildman–Crippen MR) is 108 cm³/mol. The van der Waals surface area contributed by atoms with Crippen molar-refractivity contribution in [3.63, 3.8) is 0 Å². The summed E-state index contributed by atoms with van der Waals surface area (Å²) in [5, 5.41) is 3.84. The van der Waals surface area contributed by atoms with Crippen LogP contribution in [0.15, 0.2) is 60.9 Å². The van der Waals surface area contributed by atoms with Gasteiger partial charge in [-0.2, -0.15) is 18.3 Å². The molecule has 0 unspecified atom stereocenters. The number of nitrogens with zero attached hydrogens (tertiary/aromatic N) is 4. The molecule has 0 N–H and O–H groups in total. The minimum Gasteiger partial charge on any atom is -0.484 e. The highest BCUT2D eigenvalue weighted by atomic mass is 19.4. The smallest absolute Gasteiger partial charge is 0.433 e. The lowest BCUT2D eigenvalue weighted by Crippen LogP contribution is -2.43. The molecule has 168 valence electrons. The van der Waals surface area contributed by atoms with Crippen LogP contribution in [0.1, 0.15) is 24.6 Å².